The van der Waals surface area contributed by atoms with Crippen LogP contribution in [0.5, 0.6) is 0 Å². The molecule has 17 heavy (non-hydrogen) atoms. The largest absolute Gasteiger partial charge is 0.398 e. The predicted octanol–water partition coefficient (Wildman–Crippen LogP) is 3.33. The summed E-state index contributed by atoms with van der Waals surface area (Å²) in [7, 11) is -1.07. The average molecular weight is 286 g/mol. The van der Waals surface area contributed by atoms with Crippen molar-refractivity contribution < 1.29 is 4.21 Å². The quantitative estimate of drug-likeness (QED) is 0.876. The van der Waals surface area contributed by atoms with Crippen LogP contribution < -0.4 is 5.73 Å². The first-order chi connectivity index (χ1) is 8.16. The Hall–Kier alpha value is -0.840. The molecule has 2 N–H and O–H groups in total. The highest BCUT2D eigenvalue weighted by Gasteiger charge is 2.08. The minimum absolute atomic E-state index is 0.501. The lowest BCUT2D eigenvalue weighted by Gasteiger charge is -2.05. The molecular weight excluding hydrogens is 274 g/mol. The van der Waals surface area contributed by atoms with Gasteiger partial charge < -0.3 is 5.73 Å². The number of nitrogens with two attached hydrogens (primary N) is 1. The second-order valence-electron chi connectivity index (χ2n) is 3.61. The molecule has 5 heteroatoms. The first-order valence-electron chi connectivity index (χ1n) is 5.11. The highest BCUT2D eigenvalue weighted by atomic mass is 35.5. The van der Waals surface area contributed by atoms with E-state index in [1.165, 1.54) is 5.56 Å². The second-order valence-corrected chi connectivity index (χ2v) is 6.37. The van der Waals surface area contributed by atoms with Gasteiger partial charge in [-0.05, 0) is 47.0 Å². The Balaban J connectivity index is 2.04. The van der Waals surface area contributed by atoms with Crippen LogP contribution in [-0.2, 0) is 17.2 Å². The van der Waals surface area contributed by atoms with Gasteiger partial charge in [-0.1, -0.05) is 11.6 Å². The van der Waals surface area contributed by atoms with Crippen molar-refractivity contribution in [2.24, 2.45) is 0 Å². The van der Waals surface area contributed by atoms with Crippen molar-refractivity contribution >= 4 is 39.4 Å². The van der Waals surface area contributed by atoms with E-state index in [0.717, 1.165) is 6.42 Å². The first-order valence-corrected chi connectivity index (χ1v) is 7.75. The lowest BCUT2D eigenvalue weighted by Crippen LogP contribution is -2.04. The fourth-order valence-electron chi connectivity index (χ4n) is 1.48. The third kappa shape index (κ3) is 3.31. The van der Waals surface area contributed by atoms with E-state index >= 15 is 0 Å². The topological polar surface area (TPSA) is 43.1 Å². The summed E-state index contributed by atoms with van der Waals surface area (Å²) in [6.45, 7) is 0. The minimum Gasteiger partial charge on any atom is -0.398 e. The van der Waals surface area contributed by atoms with Gasteiger partial charge in [-0.3, -0.25) is 4.21 Å². The van der Waals surface area contributed by atoms with E-state index < -0.39 is 10.8 Å². The van der Waals surface area contributed by atoms with Crippen LogP contribution in [0.3, 0.4) is 0 Å². The maximum atomic E-state index is 12.1. The number of rotatable bonds is 4. The smallest absolute Gasteiger partial charge is 0.0618 e. The van der Waals surface area contributed by atoms with Gasteiger partial charge in [0.25, 0.3) is 0 Å². The van der Waals surface area contributed by atoms with E-state index in [-0.39, 0.29) is 0 Å². The first kappa shape index (κ1) is 12.6. The summed E-state index contributed by atoms with van der Waals surface area (Å²) in [5, 5.41) is 4.67. The monoisotopic (exact) mass is 285 g/mol. The molecule has 90 valence electrons. The number of benzene rings is 1. The summed E-state index contributed by atoms with van der Waals surface area (Å²) in [4.78, 5) is 0.671. The van der Waals surface area contributed by atoms with E-state index in [1.54, 1.807) is 29.5 Å². The minimum atomic E-state index is -1.07. The normalized spacial score (nSPS) is 12.5. The number of nitrogen functional groups attached to an aromatic ring is 1. The molecule has 0 bridgehead atoms. The van der Waals surface area contributed by atoms with E-state index in [1.807, 2.05) is 11.4 Å². The summed E-state index contributed by atoms with van der Waals surface area (Å²) < 4.78 is 12.1. The second kappa shape index (κ2) is 5.67. The highest BCUT2D eigenvalue weighted by Crippen LogP contribution is 2.21. The molecule has 2 nitrogen and oxygen atoms in total. The molecule has 0 radical (unpaired) electrons. The zero-order chi connectivity index (χ0) is 12.3. The van der Waals surface area contributed by atoms with Crippen molar-refractivity contribution in [2.75, 3.05) is 11.5 Å². The molecule has 0 saturated heterocycles. The van der Waals surface area contributed by atoms with Crippen molar-refractivity contribution in [1.82, 2.24) is 0 Å². The van der Waals surface area contributed by atoms with Crippen LogP contribution in [0.4, 0.5) is 5.69 Å². The molecule has 1 heterocycles. The molecule has 2 rings (SSSR count). The van der Waals surface area contributed by atoms with Gasteiger partial charge in [0.1, 0.15) is 0 Å². The van der Waals surface area contributed by atoms with Gasteiger partial charge in [-0.25, -0.2) is 0 Å². The van der Waals surface area contributed by atoms with E-state index in [2.05, 4.69) is 5.38 Å². The third-order valence-corrected chi connectivity index (χ3v) is 4.78. The zero-order valence-corrected chi connectivity index (χ0v) is 11.4. The van der Waals surface area contributed by atoms with Crippen LogP contribution >= 0.6 is 22.9 Å². The van der Waals surface area contributed by atoms with Gasteiger partial charge in [0.2, 0.25) is 0 Å². The molecule has 1 aromatic carbocycles. The molecule has 0 aliphatic rings. The zero-order valence-electron chi connectivity index (χ0n) is 9.06. The lowest BCUT2D eigenvalue weighted by atomic mass is 10.3. The van der Waals surface area contributed by atoms with E-state index in [4.69, 9.17) is 17.3 Å². The maximum Gasteiger partial charge on any atom is 0.0618 e. The number of hydrogen-bond donors (Lipinski definition) is 1. The summed E-state index contributed by atoms with van der Waals surface area (Å²) in [5.74, 6) is 0.586. The third-order valence-electron chi connectivity index (χ3n) is 2.37. The van der Waals surface area contributed by atoms with Gasteiger partial charge in [-0.15, -0.1) is 0 Å². The Morgan fingerprint density at radius 1 is 1.35 bits per heavy atom. The SMILES string of the molecule is Nc1cc(Cl)ccc1S(=O)CCc1ccsc1. The molecule has 0 fully saturated rings. The predicted molar refractivity (Wildman–Crippen MR) is 75.2 cm³/mol. The molecule has 0 aliphatic carbocycles. The summed E-state index contributed by atoms with van der Waals surface area (Å²) in [6, 6.07) is 7.14. The van der Waals surface area contributed by atoms with Crippen LogP contribution in [0, 0.1) is 0 Å². The highest BCUT2D eigenvalue weighted by molar-refractivity contribution is 7.85. The van der Waals surface area contributed by atoms with E-state index in [9.17, 15) is 4.21 Å². The molecule has 2 aromatic rings. The van der Waals surface area contributed by atoms with Crippen LogP contribution in [0.15, 0.2) is 39.9 Å². The number of hydrogen-bond acceptors (Lipinski definition) is 3. The Morgan fingerprint density at radius 2 is 2.18 bits per heavy atom. The molecular formula is C12H12ClNOS2. The van der Waals surface area contributed by atoms with Crippen molar-refractivity contribution in [2.45, 2.75) is 11.3 Å². The van der Waals surface area contributed by atoms with Crippen LogP contribution in [0.25, 0.3) is 0 Å². The number of aryl methyl sites for hydroxylation is 1. The van der Waals surface area contributed by atoms with Crippen LogP contribution in [0.2, 0.25) is 5.02 Å². The summed E-state index contributed by atoms with van der Waals surface area (Å²) >= 11 is 7.45. The van der Waals surface area contributed by atoms with Crippen molar-refractivity contribution in [1.29, 1.82) is 0 Å². The fourth-order valence-corrected chi connectivity index (χ4v) is 3.55. The number of anilines is 1. The van der Waals surface area contributed by atoms with Gasteiger partial charge in [0.05, 0.1) is 15.7 Å². The van der Waals surface area contributed by atoms with Crippen LogP contribution in [-0.4, -0.2) is 9.96 Å². The van der Waals surface area contributed by atoms with Gasteiger partial charge in [-0.2, -0.15) is 11.3 Å². The standard InChI is InChI=1S/C12H12ClNOS2/c13-10-1-2-12(11(14)7-10)17(15)6-4-9-3-5-16-8-9/h1-3,5,7-8H,4,6,14H2. The van der Waals surface area contributed by atoms with Crippen molar-refractivity contribution in [3.8, 4) is 0 Å². The fraction of sp³-hybridized carbons (Fsp3) is 0.167. The molecule has 0 amide bonds. The Kier molecular flexibility index (Phi) is 4.20. The maximum absolute atomic E-state index is 12.1. The van der Waals surface area contributed by atoms with Gasteiger partial charge >= 0.3 is 0 Å². The van der Waals surface area contributed by atoms with Crippen molar-refractivity contribution in [3.05, 3.63) is 45.6 Å². The Labute approximate surface area is 112 Å². The molecule has 1 atom stereocenters. The summed E-state index contributed by atoms with van der Waals surface area (Å²) in [6.07, 6.45) is 0.804. The molecule has 0 aliphatic heterocycles. The van der Waals surface area contributed by atoms with Crippen LogP contribution in [0.1, 0.15) is 5.56 Å². The van der Waals surface area contributed by atoms with Gasteiger partial charge in [0, 0.05) is 16.5 Å². The molecule has 0 saturated carbocycles. The lowest BCUT2D eigenvalue weighted by molar-refractivity contribution is 0.682. The molecule has 0 spiro atoms. The number of thiophene rings is 1. The average Bonchev–Trinajstić information content (AvgIpc) is 2.78. The van der Waals surface area contributed by atoms with Crippen molar-refractivity contribution in [3.63, 3.8) is 0 Å². The Morgan fingerprint density at radius 3 is 2.82 bits per heavy atom. The number of halogens is 1. The molecule has 1 aromatic heterocycles. The van der Waals surface area contributed by atoms with Gasteiger partial charge in [0.15, 0.2) is 0 Å². The molecule has 1 unspecified atom stereocenters. The summed E-state index contributed by atoms with van der Waals surface area (Å²) in [5.41, 5.74) is 7.52. The Bertz CT molecular complexity index is 525. The van der Waals surface area contributed by atoms with E-state index in [0.29, 0.717) is 21.4 Å².